The van der Waals surface area contributed by atoms with Crippen molar-refractivity contribution >= 4 is 43.2 Å². The van der Waals surface area contributed by atoms with Crippen LogP contribution in [0, 0.1) is 5.92 Å². The molecule has 2 fully saturated rings. The monoisotopic (exact) mass is 407 g/mol. The Kier molecular flexibility index (Phi) is 4.40. The molecular weight excluding hydrogens is 390 g/mol. The summed E-state index contributed by atoms with van der Waals surface area (Å²) in [4.78, 5) is 0. The molecule has 2 heterocycles. The molecule has 1 aliphatic heterocycles. The maximum Gasteiger partial charge on any atom is 0.0758 e. The van der Waals surface area contributed by atoms with Crippen LogP contribution < -0.4 is 5.73 Å². The summed E-state index contributed by atoms with van der Waals surface area (Å²) < 4.78 is 8.42. The van der Waals surface area contributed by atoms with Crippen LogP contribution in [0.25, 0.3) is 0 Å². The molecule has 1 aromatic rings. The first-order chi connectivity index (χ1) is 9.10. The second-order valence-corrected chi connectivity index (χ2v) is 9.55. The summed E-state index contributed by atoms with van der Waals surface area (Å²) in [6.07, 6.45) is 7.30. The van der Waals surface area contributed by atoms with Gasteiger partial charge in [-0.1, -0.05) is 12.8 Å². The van der Waals surface area contributed by atoms with Gasteiger partial charge in [-0.3, -0.25) is 0 Å². The van der Waals surface area contributed by atoms with Crippen LogP contribution in [0.1, 0.15) is 50.1 Å². The van der Waals surface area contributed by atoms with Crippen LogP contribution in [0.15, 0.2) is 13.6 Å². The molecule has 106 valence electrons. The predicted molar refractivity (Wildman–Crippen MR) is 86.5 cm³/mol. The zero-order chi connectivity index (χ0) is 13.5. The fourth-order valence-corrected chi connectivity index (χ4v) is 6.53. The van der Waals surface area contributed by atoms with E-state index in [0.29, 0.717) is 5.92 Å². The summed E-state index contributed by atoms with van der Waals surface area (Å²) in [5.41, 5.74) is 7.94. The number of rotatable bonds is 2. The number of nitrogens with two attached hydrogens (primary N) is 1. The normalized spacial score (nSPS) is 27.8. The van der Waals surface area contributed by atoms with Crippen molar-refractivity contribution in [3.8, 4) is 0 Å². The first kappa shape index (κ1) is 14.5. The fraction of sp³-hybridized carbons (Fsp3) is 0.714. The Morgan fingerprint density at radius 1 is 1.37 bits per heavy atom. The zero-order valence-electron chi connectivity index (χ0n) is 10.8. The Morgan fingerprint density at radius 3 is 2.74 bits per heavy atom. The molecule has 0 radical (unpaired) electrons. The van der Waals surface area contributed by atoms with Gasteiger partial charge in [-0.25, -0.2) is 0 Å². The van der Waals surface area contributed by atoms with Gasteiger partial charge < -0.3 is 10.5 Å². The molecule has 2 aliphatic rings. The van der Waals surface area contributed by atoms with Crippen molar-refractivity contribution in [1.82, 2.24) is 0 Å². The van der Waals surface area contributed by atoms with E-state index in [9.17, 15) is 0 Å². The molecule has 1 aromatic heterocycles. The van der Waals surface area contributed by atoms with E-state index in [2.05, 4.69) is 37.9 Å². The Bertz CT molecular complexity index is 456. The summed E-state index contributed by atoms with van der Waals surface area (Å²) in [7, 11) is 0. The third kappa shape index (κ3) is 2.95. The summed E-state index contributed by atoms with van der Waals surface area (Å²) in [5, 5.41) is 0. The second kappa shape index (κ2) is 5.76. The molecule has 2 N–H and O–H groups in total. The van der Waals surface area contributed by atoms with E-state index in [0.717, 1.165) is 23.2 Å². The van der Waals surface area contributed by atoms with Gasteiger partial charge in [-0.05, 0) is 75.1 Å². The largest absolute Gasteiger partial charge is 0.375 e. The van der Waals surface area contributed by atoms with Gasteiger partial charge >= 0.3 is 0 Å². The van der Waals surface area contributed by atoms with Crippen molar-refractivity contribution in [3.63, 3.8) is 0 Å². The Hall–Kier alpha value is 0.580. The lowest BCUT2D eigenvalue weighted by Crippen LogP contribution is -2.40. The van der Waals surface area contributed by atoms with Crippen LogP contribution in [0.2, 0.25) is 0 Å². The summed E-state index contributed by atoms with van der Waals surface area (Å²) in [5.74, 6) is 0.546. The number of ether oxygens (including phenoxy) is 1. The molecule has 2 atom stereocenters. The third-order valence-corrected chi connectivity index (χ3v) is 6.98. The van der Waals surface area contributed by atoms with Crippen LogP contribution in [0.3, 0.4) is 0 Å². The molecule has 5 heteroatoms. The van der Waals surface area contributed by atoms with Crippen molar-refractivity contribution < 1.29 is 4.74 Å². The number of hydrogen-bond donors (Lipinski definition) is 1. The highest BCUT2D eigenvalue weighted by atomic mass is 79.9. The molecule has 1 spiro atoms. The van der Waals surface area contributed by atoms with Gasteiger partial charge in [-0.2, -0.15) is 0 Å². The number of thiophene rings is 1. The fourth-order valence-electron chi connectivity index (χ4n) is 3.57. The Morgan fingerprint density at radius 2 is 2.11 bits per heavy atom. The van der Waals surface area contributed by atoms with Crippen LogP contribution in [-0.2, 0) is 4.74 Å². The summed E-state index contributed by atoms with van der Waals surface area (Å²) in [6.45, 7) is 0.876. The van der Waals surface area contributed by atoms with Gasteiger partial charge in [0, 0.05) is 12.6 Å². The van der Waals surface area contributed by atoms with E-state index in [1.165, 1.54) is 35.0 Å². The van der Waals surface area contributed by atoms with Crippen LogP contribution in [0.4, 0.5) is 0 Å². The topological polar surface area (TPSA) is 35.2 Å². The molecule has 3 rings (SSSR count). The molecular formula is C14H19Br2NOS. The minimum Gasteiger partial charge on any atom is -0.375 e. The van der Waals surface area contributed by atoms with Gasteiger partial charge in [0.1, 0.15) is 0 Å². The molecule has 0 bridgehead atoms. The quantitative estimate of drug-likeness (QED) is 0.746. The minimum absolute atomic E-state index is 0.123. The van der Waals surface area contributed by atoms with Gasteiger partial charge in [0.2, 0.25) is 0 Å². The molecule has 0 aromatic carbocycles. The van der Waals surface area contributed by atoms with E-state index >= 15 is 0 Å². The lowest BCUT2D eigenvalue weighted by molar-refractivity contribution is -0.0963. The van der Waals surface area contributed by atoms with E-state index in [1.807, 2.05) is 0 Å². The van der Waals surface area contributed by atoms with Crippen molar-refractivity contribution in [3.05, 3.63) is 19.2 Å². The number of halogens is 2. The maximum absolute atomic E-state index is 6.54. The smallest absolute Gasteiger partial charge is 0.0758 e. The van der Waals surface area contributed by atoms with E-state index in [-0.39, 0.29) is 11.6 Å². The highest BCUT2D eigenvalue weighted by molar-refractivity contribution is 9.12. The third-order valence-electron chi connectivity index (χ3n) is 4.60. The van der Waals surface area contributed by atoms with Crippen molar-refractivity contribution in [2.75, 3.05) is 6.61 Å². The molecule has 1 saturated carbocycles. The Labute approximate surface area is 135 Å². The van der Waals surface area contributed by atoms with E-state index in [1.54, 1.807) is 11.3 Å². The van der Waals surface area contributed by atoms with Crippen LogP contribution >= 0.6 is 43.2 Å². The lowest BCUT2D eigenvalue weighted by Gasteiger charge is -2.40. The average molecular weight is 409 g/mol. The van der Waals surface area contributed by atoms with Gasteiger partial charge in [0.25, 0.3) is 0 Å². The zero-order valence-corrected chi connectivity index (χ0v) is 14.8. The van der Waals surface area contributed by atoms with Crippen molar-refractivity contribution in [2.45, 2.75) is 50.2 Å². The van der Waals surface area contributed by atoms with E-state index in [4.69, 9.17) is 10.5 Å². The van der Waals surface area contributed by atoms with Crippen LogP contribution in [-0.4, -0.2) is 12.2 Å². The molecule has 19 heavy (non-hydrogen) atoms. The Balaban J connectivity index is 1.76. The lowest BCUT2D eigenvalue weighted by atomic mass is 9.79. The second-order valence-electron chi connectivity index (χ2n) is 5.80. The maximum atomic E-state index is 6.54. The molecule has 0 amide bonds. The predicted octanol–water partition coefficient (Wildman–Crippen LogP) is 5.01. The van der Waals surface area contributed by atoms with Crippen LogP contribution in [0.5, 0.6) is 0 Å². The molecule has 2 nitrogen and oxygen atoms in total. The first-order valence-corrected chi connectivity index (χ1v) is 9.34. The SMILES string of the molecule is NC(c1cc(Br)sc1Br)C1CCOC2(CCCC2)C1. The molecule has 2 unspecified atom stereocenters. The number of hydrogen-bond acceptors (Lipinski definition) is 3. The van der Waals surface area contributed by atoms with Crippen molar-refractivity contribution in [2.24, 2.45) is 11.7 Å². The molecule has 1 aliphatic carbocycles. The molecule has 1 saturated heterocycles. The highest BCUT2D eigenvalue weighted by Crippen LogP contribution is 2.46. The standard InChI is InChI=1S/C14H19Br2NOS/c15-11-7-10(13(16)19-11)12(17)9-3-6-18-14(8-9)4-1-2-5-14/h7,9,12H,1-6,8,17H2. The first-order valence-electron chi connectivity index (χ1n) is 6.94. The van der Waals surface area contributed by atoms with Gasteiger partial charge in [-0.15, -0.1) is 11.3 Å². The van der Waals surface area contributed by atoms with Gasteiger partial charge in [0.15, 0.2) is 0 Å². The minimum atomic E-state index is 0.123. The van der Waals surface area contributed by atoms with E-state index < -0.39 is 0 Å². The average Bonchev–Trinajstić information content (AvgIpc) is 2.96. The van der Waals surface area contributed by atoms with Gasteiger partial charge in [0.05, 0.1) is 13.2 Å². The van der Waals surface area contributed by atoms with Crippen molar-refractivity contribution in [1.29, 1.82) is 0 Å². The summed E-state index contributed by atoms with van der Waals surface area (Å²) >= 11 is 8.89. The highest BCUT2D eigenvalue weighted by Gasteiger charge is 2.41. The summed E-state index contributed by atoms with van der Waals surface area (Å²) in [6, 6.07) is 2.29.